The Hall–Kier alpha value is -2.41. The maximum atomic E-state index is 10.9. The van der Waals surface area contributed by atoms with Gasteiger partial charge in [-0.1, -0.05) is 24.3 Å². The van der Waals surface area contributed by atoms with Crippen molar-refractivity contribution in [3.05, 3.63) is 53.6 Å². The van der Waals surface area contributed by atoms with Gasteiger partial charge in [-0.15, -0.1) is 0 Å². The molecule has 6 nitrogen and oxygen atoms in total. The predicted molar refractivity (Wildman–Crippen MR) is 88.3 cm³/mol. The molecule has 0 aliphatic carbocycles. The van der Waals surface area contributed by atoms with Gasteiger partial charge in [0.25, 0.3) is 0 Å². The number of aliphatic hydroxyl groups is 3. The molecule has 24 heavy (non-hydrogen) atoms. The molecule has 0 saturated carbocycles. The van der Waals surface area contributed by atoms with Crippen molar-refractivity contribution in [3.8, 4) is 11.1 Å². The number of hydrogen-bond donors (Lipinski definition) is 4. The van der Waals surface area contributed by atoms with Gasteiger partial charge in [0, 0.05) is 24.3 Å². The minimum Gasteiger partial charge on any atom is -0.481 e. The fraction of sp³-hybridized carbons (Fsp3) is 0.278. The third-order valence-corrected chi connectivity index (χ3v) is 4.24. The maximum absolute atomic E-state index is 10.9. The van der Waals surface area contributed by atoms with E-state index in [0.29, 0.717) is 13.1 Å². The van der Waals surface area contributed by atoms with Crippen molar-refractivity contribution in [1.82, 2.24) is 0 Å². The van der Waals surface area contributed by atoms with Crippen molar-refractivity contribution in [2.75, 3.05) is 18.0 Å². The number of carboxylic acid groups (broad SMARTS) is 1. The maximum Gasteiger partial charge on any atom is 0.310 e. The van der Waals surface area contributed by atoms with Gasteiger partial charge in [-0.2, -0.15) is 0 Å². The number of aryl methyl sites for hydroxylation is 1. The highest BCUT2D eigenvalue weighted by Gasteiger charge is 2.32. The second kappa shape index (κ2) is 5.90. The lowest BCUT2D eigenvalue weighted by atomic mass is 9.96. The van der Waals surface area contributed by atoms with Crippen molar-refractivity contribution in [2.45, 2.75) is 12.9 Å². The number of anilines is 1. The van der Waals surface area contributed by atoms with Crippen LogP contribution in [0.25, 0.3) is 11.1 Å². The summed E-state index contributed by atoms with van der Waals surface area (Å²) in [6.07, 6.45) is 0. The zero-order chi connectivity index (χ0) is 17.5. The Kier molecular flexibility index (Phi) is 4.04. The molecule has 126 valence electrons. The molecule has 0 atom stereocenters. The molecule has 0 unspecified atom stereocenters. The summed E-state index contributed by atoms with van der Waals surface area (Å²) in [5.74, 6) is -4.00. The first-order valence-corrected chi connectivity index (χ1v) is 7.61. The number of hydrogen-bond acceptors (Lipinski definition) is 5. The van der Waals surface area contributed by atoms with Crippen LogP contribution in [-0.2, 0) is 10.8 Å². The van der Waals surface area contributed by atoms with Gasteiger partial charge < -0.3 is 25.3 Å². The van der Waals surface area contributed by atoms with E-state index in [1.807, 2.05) is 36.1 Å². The minimum absolute atomic E-state index is 0.0158. The van der Waals surface area contributed by atoms with E-state index in [4.69, 9.17) is 5.11 Å². The van der Waals surface area contributed by atoms with Crippen molar-refractivity contribution in [1.29, 1.82) is 0 Å². The molecule has 6 heteroatoms. The van der Waals surface area contributed by atoms with E-state index in [1.54, 1.807) is 6.07 Å². The predicted octanol–water partition coefficient (Wildman–Crippen LogP) is 1.27. The molecule has 1 aliphatic heterocycles. The molecular formula is C18H19NO5. The minimum atomic E-state index is -2.88. The first kappa shape index (κ1) is 16.4. The van der Waals surface area contributed by atoms with Gasteiger partial charge in [-0.3, -0.25) is 4.79 Å². The van der Waals surface area contributed by atoms with E-state index < -0.39 is 11.9 Å². The number of carbonyl (C=O) groups is 1. The van der Waals surface area contributed by atoms with Crippen LogP contribution in [0.5, 0.6) is 0 Å². The van der Waals surface area contributed by atoms with Gasteiger partial charge in [0.2, 0.25) is 0 Å². The van der Waals surface area contributed by atoms with Crippen LogP contribution >= 0.6 is 0 Å². The molecule has 0 radical (unpaired) electrons. The van der Waals surface area contributed by atoms with E-state index in [2.05, 4.69) is 0 Å². The summed E-state index contributed by atoms with van der Waals surface area (Å²) in [7, 11) is 0. The van der Waals surface area contributed by atoms with Crippen LogP contribution in [0.2, 0.25) is 0 Å². The van der Waals surface area contributed by atoms with Gasteiger partial charge in [-0.05, 0) is 41.8 Å². The van der Waals surface area contributed by atoms with E-state index in [1.165, 1.54) is 12.1 Å². The van der Waals surface area contributed by atoms with Crippen molar-refractivity contribution >= 4 is 11.7 Å². The van der Waals surface area contributed by atoms with Crippen molar-refractivity contribution < 1.29 is 25.2 Å². The highest BCUT2D eigenvalue weighted by Crippen LogP contribution is 2.32. The lowest BCUT2D eigenvalue weighted by Gasteiger charge is -2.39. The topological polar surface area (TPSA) is 101 Å². The Bertz CT molecular complexity index is 775. The monoisotopic (exact) mass is 329 g/mol. The molecule has 1 fully saturated rings. The molecule has 0 bridgehead atoms. The van der Waals surface area contributed by atoms with Crippen molar-refractivity contribution in [2.24, 2.45) is 5.92 Å². The molecule has 4 N–H and O–H groups in total. The van der Waals surface area contributed by atoms with Crippen LogP contribution in [0, 0.1) is 12.8 Å². The Morgan fingerprint density at radius 2 is 1.79 bits per heavy atom. The Morgan fingerprint density at radius 1 is 1.08 bits per heavy atom. The largest absolute Gasteiger partial charge is 0.481 e. The molecule has 0 amide bonds. The van der Waals surface area contributed by atoms with E-state index in [9.17, 15) is 20.1 Å². The summed E-state index contributed by atoms with van der Waals surface area (Å²) >= 11 is 0. The van der Waals surface area contributed by atoms with Crippen LogP contribution in [0.3, 0.4) is 0 Å². The van der Waals surface area contributed by atoms with Crippen molar-refractivity contribution in [3.63, 3.8) is 0 Å². The second-order valence-corrected chi connectivity index (χ2v) is 6.21. The molecule has 1 aliphatic rings. The van der Waals surface area contributed by atoms with Crippen LogP contribution in [0.4, 0.5) is 5.69 Å². The molecule has 0 spiro atoms. The van der Waals surface area contributed by atoms with Crippen LogP contribution < -0.4 is 4.90 Å². The quantitative estimate of drug-likeness (QED) is 0.630. The fourth-order valence-corrected chi connectivity index (χ4v) is 2.87. The zero-order valence-corrected chi connectivity index (χ0v) is 13.2. The first-order valence-electron chi connectivity index (χ1n) is 7.61. The SMILES string of the molecule is Cc1cc(-c2cccc(C(O)(O)O)c2)cc(N2CC(C(=O)O)C2)c1. The molecule has 1 heterocycles. The van der Waals surface area contributed by atoms with Gasteiger partial charge in [0.05, 0.1) is 5.92 Å². The molecule has 0 aromatic heterocycles. The summed E-state index contributed by atoms with van der Waals surface area (Å²) in [6.45, 7) is 2.90. The van der Waals surface area contributed by atoms with Crippen LogP contribution in [0.1, 0.15) is 11.1 Å². The Morgan fingerprint density at radius 3 is 2.42 bits per heavy atom. The molecular weight excluding hydrogens is 310 g/mol. The van der Waals surface area contributed by atoms with Crippen LogP contribution in [0.15, 0.2) is 42.5 Å². The summed E-state index contributed by atoms with van der Waals surface area (Å²) in [5, 5.41) is 37.0. The highest BCUT2D eigenvalue weighted by molar-refractivity contribution is 5.76. The number of benzene rings is 2. The third-order valence-electron chi connectivity index (χ3n) is 4.24. The molecule has 2 aromatic rings. The second-order valence-electron chi connectivity index (χ2n) is 6.21. The molecule has 2 aromatic carbocycles. The number of rotatable bonds is 4. The smallest absolute Gasteiger partial charge is 0.310 e. The summed E-state index contributed by atoms with van der Waals surface area (Å²) in [4.78, 5) is 12.9. The lowest BCUT2D eigenvalue weighted by Crippen LogP contribution is -2.50. The van der Waals surface area contributed by atoms with Gasteiger partial charge in [0.1, 0.15) is 0 Å². The van der Waals surface area contributed by atoms with E-state index in [0.717, 1.165) is 22.4 Å². The number of carboxylic acids is 1. The summed E-state index contributed by atoms with van der Waals surface area (Å²) < 4.78 is 0. The average Bonchev–Trinajstić information content (AvgIpc) is 2.44. The van der Waals surface area contributed by atoms with Gasteiger partial charge >= 0.3 is 11.9 Å². The van der Waals surface area contributed by atoms with Gasteiger partial charge in [0.15, 0.2) is 0 Å². The number of aliphatic carboxylic acids is 1. The normalized spacial score (nSPS) is 15.2. The fourth-order valence-electron chi connectivity index (χ4n) is 2.87. The number of nitrogens with zero attached hydrogens (tertiary/aromatic N) is 1. The Labute approximate surface area is 139 Å². The van der Waals surface area contributed by atoms with Gasteiger partial charge in [-0.25, -0.2) is 0 Å². The van der Waals surface area contributed by atoms with E-state index >= 15 is 0 Å². The first-order chi connectivity index (χ1) is 11.2. The molecule has 1 saturated heterocycles. The molecule has 3 rings (SSSR count). The summed E-state index contributed by atoms with van der Waals surface area (Å²) in [5.41, 5.74) is 3.51. The van der Waals surface area contributed by atoms with E-state index in [-0.39, 0.29) is 11.5 Å². The third kappa shape index (κ3) is 3.26. The standard InChI is InChI=1S/C18H19NO5/c1-11-5-13(12-3-2-4-15(7-12)18(22,23)24)8-16(6-11)19-9-14(10-19)17(20)21/h2-8,14,22-24H,9-10H2,1H3,(H,20,21). The lowest BCUT2D eigenvalue weighted by molar-refractivity contribution is -0.323. The van der Waals surface area contributed by atoms with Crippen LogP contribution in [-0.4, -0.2) is 39.5 Å². The summed E-state index contributed by atoms with van der Waals surface area (Å²) in [6, 6.07) is 12.2. The highest BCUT2D eigenvalue weighted by atomic mass is 16.7. The average molecular weight is 329 g/mol. The zero-order valence-electron chi connectivity index (χ0n) is 13.2. The Balaban J connectivity index is 1.91.